The molecule has 1 aliphatic carbocycles. The maximum absolute atomic E-state index is 10.6. The topological polar surface area (TPSA) is 99.4 Å². The molecule has 1 atom stereocenters. The predicted molar refractivity (Wildman–Crippen MR) is 210 cm³/mol. The second-order valence-corrected chi connectivity index (χ2v) is 13.4. The molecule has 0 saturated heterocycles. The molecule has 0 amide bonds. The van der Waals surface area contributed by atoms with E-state index in [1.165, 1.54) is 0 Å². The van der Waals surface area contributed by atoms with Crippen LogP contribution < -0.4 is 0 Å². The third-order valence-corrected chi connectivity index (χ3v) is 10.5. The minimum Gasteiger partial charge on any atom is -0.456 e. The number of hydrogen-bond acceptors (Lipinski definition) is 6. The van der Waals surface area contributed by atoms with Crippen LogP contribution in [0, 0.1) is 22.7 Å². The molecule has 0 bridgehead atoms. The van der Waals surface area contributed by atoms with E-state index in [1.54, 1.807) is 6.07 Å². The Morgan fingerprint density at radius 2 is 1.02 bits per heavy atom. The number of nitrogens with zero attached hydrogens (tertiary/aromatic N) is 5. The Kier molecular flexibility index (Phi) is 7.05. The minimum atomic E-state index is -0.786. The SMILES string of the molecule is N#Cc1ccc2oc3ccc4c(c3c2c1)-c1c(C#N)cccc1C4(c1ccccc1)c1ccc(-c2nc(-c3ccccc3)nc(-c3ccccc3)n2)cc1. The summed E-state index contributed by atoms with van der Waals surface area (Å²) in [7, 11) is 0. The van der Waals surface area contributed by atoms with Crippen LogP contribution >= 0.6 is 0 Å². The van der Waals surface area contributed by atoms with E-state index in [0.29, 0.717) is 39.8 Å². The van der Waals surface area contributed by atoms with Crippen molar-refractivity contribution in [1.29, 1.82) is 10.5 Å². The van der Waals surface area contributed by atoms with Crippen molar-refractivity contribution >= 4 is 21.9 Å². The van der Waals surface area contributed by atoms with Gasteiger partial charge in [0.25, 0.3) is 0 Å². The zero-order valence-corrected chi connectivity index (χ0v) is 28.7. The highest BCUT2D eigenvalue weighted by Crippen LogP contribution is 2.59. The normalized spacial score (nSPS) is 14.3. The van der Waals surface area contributed by atoms with E-state index < -0.39 is 5.41 Å². The van der Waals surface area contributed by atoms with Crippen molar-refractivity contribution in [2.24, 2.45) is 0 Å². The van der Waals surface area contributed by atoms with Crippen LogP contribution in [0.5, 0.6) is 0 Å². The number of benzene rings is 7. The molecule has 6 heteroatoms. The van der Waals surface area contributed by atoms with Crippen molar-refractivity contribution < 1.29 is 4.42 Å². The van der Waals surface area contributed by atoms with Gasteiger partial charge in [-0.15, -0.1) is 0 Å². The molecule has 2 heterocycles. The molecule has 7 aromatic carbocycles. The molecule has 0 N–H and O–H groups in total. The van der Waals surface area contributed by atoms with Crippen molar-refractivity contribution in [2.75, 3.05) is 0 Å². The van der Waals surface area contributed by atoms with Gasteiger partial charge >= 0.3 is 0 Å². The number of rotatable bonds is 5. The third kappa shape index (κ3) is 4.61. The van der Waals surface area contributed by atoms with Crippen LogP contribution in [0.1, 0.15) is 33.4 Å². The highest BCUT2D eigenvalue weighted by molar-refractivity contribution is 6.16. The van der Waals surface area contributed by atoms with Crippen LogP contribution in [0.15, 0.2) is 168 Å². The van der Waals surface area contributed by atoms with Gasteiger partial charge in [0, 0.05) is 33.0 Å². The second kappa shape index (κ2) is 12.2. The molecule has 6 nitrogen and oxygen atoms in total. The van der Waals surface area contributed by atoms with E-state index in [0.717, 1.165) is 60.8 Å². The van der Waals surface area contributed by atoms with Crippen LogP contribution in [0.2, 0.25) is 0 Å². The Labute approximate surface area is 310 Å². The lowest BCUT2D eigenvalue weighted by Crippen LogP contribution is -2.28. The Hall–Kier alpha value is -7.67. The van der Waals surface area contributed by atoms with Gasteiger partial charge in [-0.1, -0.05) is 133 Å². The Balaban J connectivity index is 1.23. The monoisotopic (exact) mass is 689 g/mol. The molecule has 54 heavy (non-hydrogen) atoms. The molecule has 10 rings (SSSR count). The smallest absolute Gasteiger partial charge is 0.164 e. The van der Waals surface area contributed by atoms with Crippen LogP contribution in [0.4, 0.5) is 0 Å². The minimum absolute atomic E-state index is 0.545. The van der Waals surface area contributed by atoms with Crippen LogP contribution in [-0.4, -0.2) is 15.0 Å². The van der Waals surface area contributed by atoms with Crippen molar-refractivity contribution in [1.82, 2.24) is 15.0 Å². The molecular formula is C48H27N5O. The average Bonchev–Trinajstić information content (AvgIpc) is 3.78. The van der Waals surface area contributed by atoms with E-state index in [2.05, 4.69) is 72.8 Å². The molecule has 1 aliphatic rings. The van der Waals surface area contributed by atoms with E-state index >= 15 is 0 Å². The predicted octanol–water partition coefficient (Wildman–Crippen LogP) is 10.9. The summed E-state index contributed by atoms with van der Waals surface area (Å²) in [6, 6.07) is 59.3. The number of hydrogen-bond donors (Lipinski definition) is 0. The van der Waals surface area contributed by atoms with Crippen LogP contribution in [-0.2, 0) is 5.41 Å². The van der Waals surface area contributed by atoms with Crippen molar-refractivity contribution in [3.63, 3.8) is 0 Å². The van der Waals surface area contributed by atoms with E-state index in [4.69, 9.17) is 19.4 Å². The standard InChI is InChI=1S/C48H27N5O/c49-28-30-19-25-40-37(27-30)43-41(54-40)26-24-39-44(43)42-34(29-50)15-10-18-38(42)48(39,35-16-8-3-9-17-35)36-22-20-33(21-23-36)47-52-45(31-11-4-1-5-12-31)51-46(53-47)32-13-6-2-7-14-32/h1-27H. The first-order valence-corrected chi connectivity index (χ1v) is 17.6. The summed E-state index contributed by atoms with van der Waals surface area (Å²) in [4.78, 5) is 14.8. The maximum Gasteiger partial charge on any atom is 0.164 e. The number of furan rings is 1. The van der Waals surface area contributed by atoms with Gasteiger partial charge in [-0.2, -0.15) is 10.5 Å². The molecule has 0 radical (unpaired) electrons. The Morgan fingerprint density at radius 3 is 1.63 bits per heavy atom. The highest BCUT2D eigenvalue weighted by Gasteiger charge is 2.48. The molecule has 0 aliphatic heterocycles. The Bertz CT molecular complexity index is 2940. The molecule has 2 aromatic heterocycles. The van der Waals surface area contributed by atoms with Crippen LogP contribution in [0.3, 0.4) is 0 Å². The van der Waals surface area contributed by atoms with Crippen molar-refractivity contribution in [3.05, 3.63) is 197 Å². The first-order valence-electron chi connectivity index (χ1n) is 17.6. The molecule has 0 fully saturated rings. The molecule has 9 aromatic rings. The fourth-order valence-electron chi connectivity index (χ4n) is 8.17. The van der Waals surface area contributed by atoms with E-state index in [1.807, 2.05) is 97.1 Å². The van der Waals surface area contributed by atoms with Crippen molar-refractivity contribution in [2.45, 2.75) is 5.41 Å². The molecule has 250 valence electrons. The number of aromatic nitrogens is 3. The van der Waals surface area contributed by atoms with E-state index in [9.17, 15) is 10.5 Å². The summed E-state index contributed by atoms with van der Waals surface area (Å²) in [6.07, 6.45) is 0. The summed E-state index contributed by atoms with van der Waals surface area (Å²) >= 11 is 0. The number of fused-ring (bicyclic) bond motifs is 7. The maximum atomic E-state index is 10.6. The van der Waals surface area contributed by atoms with Gasteiger partial charge in [0.15, 0.2) is 17.5 Å². The average molecular weight is 690 g/mol. The molecular weight excluding hydrogens is 663 g/mol. The van der Waals surface area contributed by atoms with Gasteiger partial charge in [0.2, 0.25) is 0 Å². The van der Waals surface area contributed by atoms with Crippen molar-refractivity contribution in [3.8, 4) is 57.4 Å². The summed E-state index contributed by atoms with van der Waals surface area (Å²) in [5.41, 5.74) is 10.3. The van der Waals surface area contributed by atoms with Gasteiger partial charge < -0.3 is 4.42 Å². The third-order valence-electron chi connectivity index (χ3n) is 10.5. The zero-order valence-electron chi connectivity index (χ0n) is 28.7. The lowest BCUT2D eigenvalue weighted by atomic mass is 9.67. The van der Waals surface area contributed by atoms with Gasteiger partial charge in [-0.25, -0.2) is 15.0 Å². The van der Waals surface area contributed by atoms with Crippen LogP contribution in [0.25, 0.3) is 67.2 Å². The van der Waals surface area contributed by atoms with Gasteiger partial charge in [-0.3, -0.25) is 0 Å². The molecule has 0 spiro atoms. The van der Waals surface area contributed by atoms with E-state index in [-0.39, 0.29) is 0 Å². The summed E-state index contributed by atoms with van der Waals surface area (Å²) in [5, 5.41) is 22.2. The fourth-order valence-corrected chi connectivity index (χ4v) is 8.17. The number of nitriles is 2. The van der Waals surface area contributed by atoms with Gasteiger partial charge in [0.1, 0.15) is 11.2 Å². The fraction of sp³-hybridized carbons (Fsp3) is 0.0208. The van der Waals surface area contributed by atoms with Gasteiger partial charge in [-0.05, 0) is 58.1 Å². The largest absolute Gasteiger partial charge is 0.456 e. The lowest BCUT2D eigenvalue weighted by molar-refractivity contribution is 0.668. The highest BCUT2D eigenvalue weighted by atomic mass is 16.3. The summed E-state index contributed by atoms with van der Waals surface area (Å²) in [6.45, 7) is 0. The molecule has 0 saturated carbocycles. The zero-order chi connectivity index (χ0) is 36.2. The second-order valence-electron chi connectivity index (χ2n) is 13.4. The summed E-state index contributed by atoms with van der Waals surface area (Å²) < 4.78 is 6.38. The Morgan fingerprint density at radius 1 is 0.463 bits per heavy atom. The first kappa shape index (κ1) is 31.1. The quantitative estimate of drug-likeness (QED) is 0.178. The lowest BCUT2D eigenvalue weighted by Gasteiger charge is -2.34. The molecule has 1 unspecified atom stereocenters. The van der Waals surface area contributed by atoms with Gasteiger partial charge in [0.05, 0.1) is 28.7 Å². The first-order chi connectivity index (χ1) is 26.7. The summed E-state index contributed by atoms with van der Waals surface area (Å²) in [5.74, 6) is 1.77.